The number of ether oxygens (including phenoxy) is 1. The second-order valence-corrected chi connectivity index (χ2v) is 8.20. The number of aromatic nitrogens is 2. The molecule has 2 aromatic carbocycles. The van der Waals surface area contributed by atoms with Gasteiger partial charge in [-0.1, -0.05) is 30.0 Å². The van der Waals surface area contributed by atoms with Crippen molar-refractivity contribution in [1.29, 1.82) is 0 Å². The number of rotatable bonds is 5. The first-order chi connectivity index (χ1) is 16.0. The number of hydrogen-bond acceptors (Lipinski definition) is 5. The van der Waals surface area contributed by atoms with E-state index in [0.717, 1.165) is 37.4 Å². The zero-order valence-electron chi connectivity index (χ0n) is 18.5. The highest BCUT2D eigenvalue weighted by Crippen LogP contribution is 2.15. The molecule has 1 unspecified atom stereocenters. The van der Waals surface area contributed by atoms with Crippen LogP contribution in [0.2, 0.25) is 0 Å². The van der Waals surface area contributed by atoms with E-state index in [0.29, 0.717) is 18.4 Å². The third kappa shape index (κ3) is 6.07. The fourth-order valence-corrected chi connectivity index (χ4v) is 3.82. The number of aromatic hydroxyl groups is 1. The molecule has 1 fully saturated rings. The number of aryl methyl sites for hydroxylation is 2. The smallest absolute Gasteiger partial charge is 0.293 e. The van der Waals surface area contributed by atoms with E-state index in [2.05, 4.69) is 45.8 Å². The second kappa shape index (κ2) is 10.4. The predicted octanol–water partition coefficient (Wildman–Crippen LogP) is 3.02. The summed E-state index contributed by atoms with van der Waals surface area (Å²) in [6, 6.07) is 12.9. The number of nitrogens with zero attached hydrogens (tertiary/aromatic N) is 2. The number of hydrogen-bond donors (Lipinski definition) is 2. The number of aromatic amines is 1. The van der Waals surface area contributed by atoms with Crippen LogP contribution in [-0.4, -0.2) is 45.8 Å². The topological polar surface area (TPSA) is 78.5 Å². The van der Waals surface area contributed by atoms with Crippen molar-refractivity contribution in [1.82, 2.24) is 14.9 Å². The standard InChI is InChI=1S/C26H26FN3O3/c1-18-15-30(12-13-33-18)16-21-4-2-19(3-5-21)6-9-22-10-7-20(14-23(22)27)8-11-24-25(31)26(32)29-17-28-24/h2-5,7,10,14,17-18,31H,8,11-13,15-16H2,1H3,(H,28,29,32). The summed E-state index contributed by atoms with van der Waals surface area (Å²) in [5.74, 6) is 5.13. The molecule has 0 saturated carbocycles. The van der Waals surface area contributed by atoms with E-state index >= 15 is 0 Å². The van der Waals surface area contributed by atoms with Gasteiger partial charge in [-0.25, -0.2) is 9.37 Å². The zero-order chi connectivity index (χ0) is 23.2. The maximum absolute atomic E-state index is 14.5. The number of H-pyrrole nitrogens is 1. The van der Waals surface area contributed by atoms with Crippen molar-refractivity contribution in [2.45, 2.75) is 32.4 Å². The van der Waals surface area contributed by atoms with Crippen molar-refractivity contribution in [3.05, 3.63) is 92.9 Å². The molecule has 0 bridgehead atoms. The lowest BCUT2D eigenvalue weighted by molar-refractivity contribution is -0.0212. The van der Waals surface area contributed by atoms with E-state index in [4.69, 9.17) is 4.74 Å². The van der Waals surface area contributed by atoms with Crippen LogP contribution >= 0.6 is 0 Å². The van der Waals surface area contributed by atoms with Crippen LogP contribution in [0.4, 0.5) is 4.39 Å². The van der Waals surface area contributed by atoms with E-state index in [-0.39, 0.29) is 11.8 Å². The summed E-state index contributed by atoms with van der Waals surface area (Å²) in [5.41, 5.74) is 2.80. The lowest BCUT2D eigenvalue weighted by Gasteiger charge is -2.31. The van der Waals surface area contributed by atoms with E-state index in [1.807, 2.05) is 12.1 Å². The van der Waals surface area contributed by atoms with Crippen molar-refractivity contribution < 1.29 is 14.2 Å². The van der Waals surface area contributed by atoms with E-state index in [9.17, 15) is 14.3 Å². The molecule has 1 saturated heterocycles. The number of nitrogens with one attached hydrogen (secondary N) is 1. The molecule has 3 aromatic rings. The fourth-order valence-electron chi connectivity index (χ4n) is 3.82. The summed E-state index contributed by atoms with van der Waals surface area (Å²) in [6.07, 6.45) is 2.27. The molecule has 0 spiro atoms. The van der Waals surface area contributed by atoms with Gasteiger partial charge in [0.05, 0.1) is 30.3 Å². The highest BCUT2D eigenvalue weighted by Gasteiger charge is 2.16. The predicted molar refractivity (Wildman–Crippen MR) is 123 cm³/mol. The fraction of sp³-hybridized carbons (Fsp3) is 0.308. The van der Waals surface area contributed by atoms with E-state index in [1.165, 1.54) is 18.0 Å². The van der Waals surface area contributed by atoms with Crippen LogP contribution in [-0.2, 0) is 24.1 Å². The van der Waals surface area contributed by atoms with Crippen LogP contribution in [0.3, 0.4) is 0 Å². The average Bonchev–Trinajstić information content (AvgIpc) is 2.80. The van der Waals surface area contributed by atoms with Gasteiger partial charge in [0.15, 0.2) is 0 Å². The summed E-state index contributed by atoms with van der Waals surface area (Å²) in [4.78, 5) is 20.1. The Morgan fingerprint density at radius 2 is 1.97 bits per heavy atom. The quantitative estimate of drug-likeness (QED) is 0.588. The highest BCUT2D eigenvalue weighted by molar-refractivity contribution is 5.45. The lowest BCUT2D eigenvalue weighted by atomic mass is 10.0. The van der Waals surface area contributed by atoms with Gasteiger partial charge >= 0.3 is 0 Å². The number of morpholine rings is 1. The highest BCUT2D eigenvalue weighted by atomic mass is 19.1. The molecule has 0 aliphatic carbocycles. The maximum Gasteiger partial charge on any atom is 0.293 e. The van der Waals surface area contributed by atoms with Crippen LogP contribution in [0.1, 0.15) is 34.9 Å². The van der Waals surface area contributed by atoms with Gasteiger partial charge in [0.2, 0.25) is 5.75 Å². The number of benzene rings is 2. The Kier molecular flexibility index (Phi) is 7.18. The van der Waals surface area contributed by atoms with E-state index in [1.54, 1.807) is 12.1 Å². The molecular weight excluding hydrogens is 421 g/mol. The van der Waals surface area contributed by atoms with Crippen LogP contribution < -0.4 is 5.56 Å². The first-order valence-electron chi connectivity index (χ1n) is 11.0. The number of halogens is 1. The molecule has 1 aliphatic rings. The average molecular weight is 448 g/mol. The minimum Gasteiger partial charge on any atom is -0.502 e. The third-order valence-corrected chi connectivity index (χ3v) is 5.62. The first-order valence-corrected chi connectivity index (χ1v) is 11.0. The molecule has 1 aliphatic heterocycles. The Bertz CT molecular complexity index is 1230. The summed E-state index contributed by atoms with van der Waals surface area (Å²) >= 11 is 0. The molecular formula is C26H26FN3O3. The summed E-state index contributed by atoms with van der Waals surface area (Å²) < 4.78 is 20.1. The Hall–Kier alpha value is -3.47. The normalized spacial score (nSPS) is 16.2. The SMILES string of the molecule is CC1CN(Cc2ccc(C#Cc3ccc(CCc4nc[nH]c(=O)c4O)cc3F)cc2)CCO1. The molecule has 1 aromatic heterocycles. The minimum absolute atomic E-state index is 0.261. The van der Waals surface area contributed by atoms with Crippen LogP contribution in [0.5, 0.6) is 5.75 Å². The first kappa shape index (κ1) is 22.7. The summed E-state index contributed by atoms with van der Waals surface area (Å²) in [7, 11) is 0. The largest absolute Gasteiger partial charge is 0.502 e. The van der Waals surface area contributed by atoms with Gasteiger partial charge in [-0.2, -0.15) is 0 Å². The second-order valence-electron chi connectivity index (χ2n) is 8.20. The van der Waals surface area contributed by atoms with Crippen molar-refractivity contribution in [3.63, 3.8) is 0 Å². The van der Waals surface area contributed by atoms with Crippen molar-refractivity contribution >= 4 is 0 Å². The van der Waals surface area contributed by atoms with Crippen LogP contribution in [0, 0.1) is 17.7 Å². The Morgan fingerprint density at radius 1 is 1.18 bits per heavy atom. The molecule has 2 heterocycles. The van der Waals surface area contributed by atoms with Gasteiger partial charge in [0, 0.05) is 25.2 Å². The Balaban J connectivity index is 1.37. The molecule has 4 rings (SSSR count). The van der Waals surface area contributed by atoms with Crippen molar-refractivity contribution in [2.24, 2.45) is 0 Å². The van der Waals surface area contributed by atoms with E-state index < -0.39 is 17.1 Å². The summed E-state index contributed by atoms with van der Waals surface area (Å²) in [6.45, 7) is 5.59. The van der Waals surface area contributed by atoms with Gasteiger partial charge < -0.3 is 14.8 Å². The van der Waals surface area contributed by atoms with Gasteiger partial charge in [0.25, 0.3) is 5.56 Å². The van der Waals surface area contributed by atoms with Gasteiger partial charge in [0.1, 0.15) is 5.82 Å². The monoisotopic (exact) mass is 447 g/mol. The van der Waals surface area contributed by atoms with Gasteiger partial charge in [-0.3, -0.25) is 9.69 Å². The molecule has 33 heavy (non-hydrogen) atoms. The Labute approximate surface area is 192 Å². The molecule has 0 radical (unpaired) electrons. The molecule has 2 N–H and O–H groups in total. The summed E-state index contributed by atoms with van der Waals surface area (Å²) in [5, 5.41) is 9.76. The van der Waals surface area contributed by atoms with Crippen LogP contribution in [0.25, 0.3) is 0 Å². The molecule has 7 heteroatoms. The lowest BCUT2D eigenvalue weighted by Crippen LogP contribution is -2.40. The molecule has 0 amide bonds. The van der Waals surface area contributed by atoms with Gasteiger partial charge in [-0.15, -0.1) is 0 Å². The molecule has 1 atom stereocenters. The minimum atomic E-state index is -0.583. The zero-order valence-corrected chi connectivity index (χ0v) is 18.5. The molecule has 6 nitrogen and oxygen atoms in total. The third-order valence-electron chi connectivity index (χ3n) is 5.62. The van der Waals surface area contributed by atoms with Crippen LogP contribution in [0.15, 0.2) is 53.6 Å². The van der Waals surface area contributed by atoms with Crippen molar-refractivity contribution in [2.75, 3.05) is 19.7 Å². The maximum atomic E-state index is 14.5. The molecule has 170 valence electrons. The van der Waals surface area contributed by atoms with Crippen molar-refractivity contribution in [3.8, 4) is 17.6 Å². The van der Waals surface area contributed by atoms with Gasteiger partial charge in [-0.05, 0) is 55.2 Å². The Morgan fingerprint density at radius 3 is 2.73 bits per heavy atom.